The molecule has 0 saturated heterocycles. The fourth-order valence-electron chi connectivity index (χ4n) is 1.28. The van der Waals surface area contributed by atoms with Gasteiger partial charge in [-0.2, -0.15) is 13.2 Å². The van der Waals surface area contributed by atoms with Crippen molar-refractivity contribution in [3.63, 3.8) is 0 Å². The molecule has 5 heteroatoms. The van der Waals surface area contributed by atoms with Gasteiger partial charge in [-0.05, 0) is 30.5 Å². The lowest BCUT2D eigenvalue weighted by Gasteiger charge is -2.15. The van der Waals surface area contributed by atoms with E-state index in [1.165, 1.54) is 7.11 Å². The van der Waals surface area contributed by atoms with E-state index in [9.17, 15) is 13.2 Å². The lowest BCUT2D eigenvalue weighted by molar-refractivity contribution is -0.148. The van der Waals surface area contributed by atoms with E-state index >= 15 is 0 Å². The number of hydrogen-bond donors (Lipinski definition) is 1. The van der Waals surface area contributed by atoms with Crippen LogP contribution in [-0.2, 0) is 6.42 Å². The zero-order chi connectivity index (χ0) is 12.2. The fourth-order valence-corrected chi connectivity index (χ4v) is 1.28. The van der Waals surface area contributed by atoms with Crippen molar-refractivity contribution in [2.45, 2.75) is 25.1 Å². The van der Waals surface area contributed by atoms with Crippen LogP contribution in [0.5, 0.6) is 5.75 Å². The van der Waals surface area contributed by atoms with Crippen LogP contribution in [-0.4, -0.2) is 19.3 Å². The monoisotopic (exact) mass is 233 g/mol. The number of ether oxygens (including phenoxy) is 1. The Bertz CT molecular complexity index is 321. The molecule has 2 nitrogen and oxygen atoms in total. The molecule has 0 bridgehead atoms. The third kappa shape index (κ3) is 3.73. The van der Waals surface area contributed by atoms with Crippen molar-refractivity contribution in [2.24, 2.45) is 5.73 Å². The van der Waals surface area contributed by atoms with Gasteiger partial charge in [-0.1, -0.05) is 12.1 Å². The quantitative estimate of drug-likeness (QED) is 0.867. The second-order valence-electron chi connectivity index (χ2n) is 3.53. The normalized spacial score (nSPS) is 13.6. The maximum atomic E-state index is 12.1. The molecule has 0 aliphatic heterocycles. The lowest BCUT2D eigenvalue weighted by atomic mass is 10.1. The standard InChI is InChI=1S/C11H14F3NO/c1-16-9-5-2-8(3-6-9)4-7-10(15)11(12,13)14/h2-3,5-6,10H,4,7,15H2,1H3. The van der Waals surface area contributed by atoms with Gasteiger partial charge >= 0.3 is 6.18 Å². The summed E-state index contributed by atoms with van der Waals surface area (Å²) in [6, 6.07) is 5.15. The Balaban J connectivity index is 2.48. The number of halogens is 3. The van der Waals surface area contributed by atoms with Gasteiger partial charge in [0.15, 0.2) is 0 Å². The molecular weight excluding hydrogens is 219 g/mol. The minimum atomic E-state index is -4.31. The van der Waals surface area contributed by atoms with Crippen LogP contribution in [0.15, 0.2) is 24.3 Å². The van der Waals surface area contributed by atoms with E-state index in [0.29, 0.717) is 12.2 Å². The minimum Gasteiger partial charge on any atom is -0.497 e. The summed E-state index contributed by atoms with van der Waals surface area (Å²) >= 11 is 0. The van der Waals surface area contributed by atoms with Gasteiger partial charge < -0.3 is 10.5 Å². The molecule has 2 N–H and O–H groups in total. The van der Waals surface area contributed by atoms with Crippen LogP contribution in [0.25, 0.3) is 0 Å². The van der Waals surface area contributed by atoms with Gasteiger partial charge in [0.1, 0.15) is 11.8 Å². The van der Waals surface area contributed by atoms with E-state index in [4.69, 9.17) is 10.5 Å². The zero-order valence-electron chi connectivity index (χ0n) is 8.92. The summed E-state index contributed by atoms with van der Waals surface area (Å²) in [4.78, 5) is 0. The summed E-state index contributed by atoms with van der Waals surface area (Å²) < 4.78 is 41.3. The Morgan fingerprint density at radius 2 is 1.81 bits per heavy atom. The molecule has 1 atom stereocenters. The van der Waals surface area contributed by atoms with E-state index in [0.717, 1.165) is 5.56 Å². The Morgan fingerprint density at radius 3 is 2.25 bits per heavy atom. The molecule has 0 spiro atoms. The van der Waals surface area contributed by atoms with E-state index in [2.05, 4.69) is 0 Å². The summed E-state index contributed by atoms with van der Waals surface area (Å²) in [7, 11) is 1.54. The minimum absolute atomic E-state index is 0.101. The molecule has 1 unspecified atom stereocenters. The smallest absolute Gasteiger partial charge is 0.403 e. The number of rotatable bonds is 4. The van der Waals surface area contributed by atoms with Crippen LogP contribution in [0, 0.1) is 0 Å². The van der Waals surface area contributed by atoms with Gasteiger partial charge in [0, 0.05) is 0 Å². The molecule has 0 radical (unpaired) electrons. The lowest BCUT2D eigenvalue weighted by Crippen LogP contribution is -2.37. The van der Waals surface area contributed by atoms with Crippen LogP contribution in [0.1, 0.15) is 12.0 Å². The molecule has 0 aliphatic rings. The van der Waals surface area contributed by atoms with Gasteiger partial charge in [0.05, 0.1) is 7.11 Å². The van der Waals surface area contributed by atoms with Crippen molar-refractivity contribution < 1.29 is 17.9 Å². The average Bonchev–Trinajstić information content (AvgIpc) is 2.25. The molecule has 1 rings (SSSR count). The first-order valence-corrected chi connectivity index (χ1v) is 4.88. The van der Waals surface area contributed by atoms with Crippen LogP contribution in [0.3, 0.4) is 0 Å². The van der Waals surface area contributed by atoms with Crippen LogP contribution < -0.4 is 10.5 Å². The molecular formula is C11H14F3NO. The Morgan fingerprint density at radius 1 is 1.25 bits per heavy atom. The highest BCUT2D eigenvalue weighted by Crippen LogP contribution is 2.22. The van der Waals surface area contributed by atoms with E-state index < -0.39 is 12.2 Å². The molecule has 0 fully saturated rings. The Kier molecular flexibility index (Phi) is 4.18. The van der Waals surface area contributed by atoms with Crippen molar-refractivity contribution in [2.75, 3.05) is 7.11 Å². The predicted octanol–water partition coefficient (Wildman–Crippen LogP) is 2.52. The maximum Gasteiger partial charge on any atom is 0.403 e. The van der Waals surface area contributed by atoms with Crippen molar-refractivity contribution in [3.05, 3.63) is 29.8 Å². The summed E-state index contributed by atoms with van der Waals surface area (Å²) in [6.07, 6.45) is -4.10. The number of methoxy groups -OCH3 is 1. The first kappa shape index (κ1) is 12.8. The summed E-state index contributed by atoms with van der Waals surface area (Å²) in [5, 5.41) is 0. The van der Waals surface area contributed by atoms with Crippen LogP contribution in [0.4, 0.5) is 13.2 Å². The Labute approximate surface area is 92.2 Å². The first-order chi connectivity index (χ1) is 7.43. The fraction of sp³-hybridized carbons (Fsp3) is 0.455. The van der Waals surface area contributed by atoms with E-state index in [1.807, 2.05) is 0 Å². The second-order valence-corrected chi connectivity index (χ2v) is 3.53. The molecule has 16 heavy (non-hydrogen) atoms. The molecule has 0 aliphatic carbocycles. The van der Waals surface area contributed by atoms with Crippen molar-refractivity contribution in [1.82, 2.24) is 0 Å². The average molecular weight is 233 g/mol. The molecule has 90 valence electrons. The first-order valence-electron chi connectivity index (χ1n) is 4.88. The largest absolute Gasteiger partial charge is 0.497 e. The Hall–Kier alpha value is -1.23. The zero-order valence-corrected chi connectivity index (χ0v) is 8.92. The SMILES string of the molecule is COc1ccc(CCC(N)C(F)(F)F)cc1. The van der Waals surface area contributed by atoms with Crippen LogP contribution >= 0.6 is 0 Å². The predicted molar refractivity (Wildman–Crippen MR) is 55.3 cm³/mol. The van der Waals surface area contributed by atoms with Crippen molar-refractivity contribution in [1.29, 1.82) is 0 Å². The van der Waals surface area contributed by atoms with Gasteiger partial charge in [-0.3, -0.25) is 0 Å². The van der Waals surface area contributed by atoms with Crippen molar-refractivity contribution in [3.8, 4) is 5.75 Å². The van der Waals surface area contributed by atoms with Gasteiger partial charge in [0.2, 0.25) is 0 Å². The molecule has 1 aromatic rings. The van der Waals surface area contributed by atoms with Crippen molar-refractivity contribution >= 4 is 0 Å². The van der Waals surface area contributed by atoms with Gasteiger partial charge in [0.25, 0.3) is 0 Å². The molecule has 0 aromatic heterocycles. The van der Waals surface area contributed by atoms with Gasteiger partial charge in [-0.15, -0.1) is 0 Å². The van der Waals surface area contributed by atoms with Gasteiger partial charge in [-0.25, -0.2) is 0 Å². The topological polar surface area (TPSA) is 35.2 Å². The number of hydrogen-bond acceptors (Lipinski definition) is 2. The number of benzene rings is 1. The van der Waals surface area contributed by atoms with E-state index in [-0.39, 0.29) is 6.42 Å². The summed E-state index contributed by atoms with van der Waals surface area (Å²) in [6.45, 7) is 0. The molecule has 0 saturated carbocycles. The highest BCUT2D eigenvalue weighted by molar-refractivity contribution is 5.27. The molecule has 1 aromatic carbocycles. The second kappa shape index (κ2) is 5.21. The third-order valence-corrected chi connectivity index (χ3v) is 2.32. The maximum absolute atomic E-state index is 12.1. The summed E-state index contributed by atoms with van der Waals surface area (Å²) in [5.41, 5.74) is 5.82. The highest BCUT2D eigenvalue weighted by Gasteiger charge is 2.35. The van der Waals surface area contributed by atoms with Crippen LogP contribution in [0.2, 0.25) is 0 Å². The number of aryl methyl sites for hydroxylation is 1. The highest BCUT2D eigenvalue weighted by atomic mass is 19.4. The van der Waals surface area contributed by atoms with E-state index in [1.54, 1.807) is 24.3 Å². The number of alkyl halides is 3. The summed E-state index contributed by atoms with van der Waals surface area (Å²) in [5.74, 6) is 0.684. The molecule has 0 heterocycles. The number of nitrogens with two attached hydrogens (primary N) is 1. The molecule has 0 amide bonds. The third-order valence-electron chi connectivity index (χ3n) is 2.32.